The van der Waals surface area contributed by atoms with Crippen molar-refractivity contribution in [3.05, 3.63) is 84.4 Å². The number of fused-ring (bicyclic) bond motifs is 1. The van der Waals surface area contributed by atoms with Crippen LogP contribution in [0.25, 0.3) is 16.8 Å². The van der Waals surface area contributed by atoms with Crippen LogP contribution in [0.1, 0.15) is 37.8 Å². The van der Waals surface area contributed by atoms with Crippen molar-refractivity contribution in [2.24, 2.45) is 0 Å². The second-order valence-corrected chi connectivity index (χ2v) is 6.69. The quantitative estimate of drug-likeness (QED) is 0.428. The van der Waals surface area contributed by atoms with Gasteiger partial charge in [0.15, 0.2) is 0 Å². The molecule has 0 radical (unpaired) electrons. The largest absolute Gasteiger partial charge is 0.463 e. The Morgan fingerprint density at radius 2 is 1.69 bits per heavy atom. The molecule has 0 aliphatic heterocycles. The minimum Gasteiger partial charge on any atom is -0.463 e. The molecular formula is C24H26O2. The van der Waals surface area contributed by atoms with Crippen LogP contribution in [0, 0.1) is 0 Å². The fourth-order valence-electron chi connectivity index (χ4n) is 3.18. The molecule has 0 heterocycles. The molecule has 0 bridgehead atoms. The van der Waals surface area contributed by atoms with Gasteiger partial charge in [-0.1, -0.05) is 74.2 Å². The standard InChI is InChI=1S/C24H26O2/c1-4-17-24(3,26-22-15-13-19(5-2)14-16-22)25-18-21-11-8-10-20-9-6-7-12-23(20)21/h5-16H,2,4,17-18H2,1,3H3. The van der Waals surface area contributed by atoms with Crippen LogP contribution in [0.2, 0.25) is 0 Å². The summed E-state index contributed by atoms with van der Waals surface area (Å²) in [7, 11) is 0. The van der Waals surface area contributed by atoms with Crippen molar-refractivity contribution >= 4 is 16.8 Å². The normalized spacial score (nSPS) is 13.3. The van der Waals surface area contributed by atoms with E-state index in [4.69, 9.17) is 9.47 Å². The average Bonchev–Trinajstić information content (AvgIpc) is 2.67. The van der Waals surface area contributed by atoms with E-state index in [9.17, 15) is 0 Å². The summed E-state index contributed by atoms with van der Waals surface area (Å²) >= 11 is 0. The Morgan fingerprint density at radius 1 is 0.962 bits per heavy atom. The van der Waals surface area contributed by atoms with Crippen molar-refractivity contribution in [3.63, 3.8) is 0 Å². The lowest BCUT2D eigenvalue weighted by Gasteiger charge is -2.31. The zero-order valence-electron chi connectivity index (χ0n) is 15.6. The van der Waals surface area contributed by atoms with Crippen molar-refractivity contribution in [2.45, 2.75) is 39.1 Å². The molecule has 134 valence electrons. The summed E-state index contributed by atoms with van der Waals surface area (Å²) in [6.07, 6.45) is 3.63. The number of ether oxygens (including phenoxy) is 2. The smallest absolute Gasteiger partial charge is 0.207 e. The maximum atomic E-state index is 6.28. The summed E-state index contributed by atoms with van der Waals surface area (Å²) in [6, 6.07) is 22.6. The molecule has 0 aliphatic carbocycles. The van der Waals surface area contributed by atoms with Crippen LogP contribution >= 0.6 is 0 Å². The lowest BCUT2D eigenvalue weighted by atomic mass is 10.1. The SMILES string of the molecule is C=Cc1ccc(OC(C)(CCC)OCc2cccc3ccccc23)cc1. The third kappa shape index (κ3) is 4.33. The van der Waals surface area contributed by atoms with Gasteiger partial charge in [-0.15, -0.1) is 0 Å². The van der Waals surface area contributed by atoms with Gasteiger partial charge < -0.3 is 9.47 Å². The Kier molecular flexibility index (Phi) is 5.75. The van der Waals surface area contributed by atoms with E-state index < -0.39 is 5.79 Å². The fourth-order valence-corrected chi connectivity index (χ4v) is 3.18. The molecule has 2 heteroatoms. The third-order valence-corrected chi connectivity index (χ3v) is 4.57. The molecule has 26 heavy (non-hydrogen) atoms. The average molecular weight is 346 g/mol. The van der Waals surface area contributed by atoms with Crippen molar-refractivity contribution in [1.29, 1.82) is 0 Å². The number of hydrogen-bond donors (Lipinski definition) is 0. The molecule has 0 saturated carbocycles. The van der Waals surface area contributed by atoms with Crippen LogP contribution in [0.3, 0.4) is 0 Å². The van der Waals surface area contributed by atoms with Gasteiger partial charge in [-0.25, -0.2) is 0 Å². The molecule has 0 aliphatic rings. The summed E-state index contributed by atoms with van der Waals surface area (Å²) < 4.78 is 12.5. The summed E-state index contributed by atoms with van der Waals surface area (Å²) in [4.78, 5) is 0. The Labute approximate surface area is 156 Å². The number of benzene rings is 3. The molecule has 0 amide bonds. The van der Waals surface area contributed by atoms with Crippen LogP contribution in [-0.4, -0.2) is 5.79 Å². The van der Waals surface area contributed by atoms with Crippen molar-refractivity contribution in [3.8, 4) is 5.75 Å². The first-order valence-corrected chi connectivity index (χ1v) is 9.15. The van der Waals surface area contributed by atoms with Crippen molar-refractivity contribution in [2.75, 3.05) is 0 Å². The lowest BCUT2D eigenvalue weighted by molar-refractivity contribution is -0.182. The molecule has 1 atom stereocenters. The van der Waals surface area contributed by atoms with Gasteiger partial charge >= 0.3 is 0 Å². The van der Waals surface area contributed by atoms with E-state index in [1.54, 1.807) is 0 Å². The van der Waals surface area contributed by atoms with E-state index in [0.717, 1.165) is 24.2 Å². The van der Waals surface area contributed by atoms with E-state index in [1.807, 2.05) is 37.3 Å². The molecule has 2 nitrogen and oxygen atoms in total. The van der Waals surface area contributed by atoms with Crippen LogP contribution in [-0.2, 0) is 11.3 Å². The predicted octanol–water partition coefficient (Wildman–Crippen LogP) is 6.59. The predicted molar refractivity (Wildman–Crippen MR) is 109 cm³/mol. The van der Waals surface area contributed by atoms with E-state index in [1.165, 1.54) is 16.3 Å². The molecule has 3 aromatic rings. The zero-order chi connectivity index (χ0) is 18.4. The highest BCUT2D eigenvalue weighted by Gasteiger charge is 2.26. The molecular weight excluding hydrogens is 320 g/mol. The number of hydrogen-bond acceptors (Lipinski definition) is 2. The minimum absolute atomic E-state index is 0.516. The van der Waals surface area contributed by atoms with E-state index in [0.29, 0.717) is 6.61 Å². The molecule has 1 unspecified atom stereocenters. The molecule has 0 saturated heterocycles. The molecule has 0 fully saturated rings. The number of rotatable bonds is 8. The second-order valence-electron chi connectivity index (χ2n) is 6.69. The van der Waals surface area contributed by atoms with E-state index in [-0.39, 0.29) is 0 Å². The first-order chi connectivity index (χ1) is 12.6. The first-order valence-electron chi connectivity index (χ1n) is 9.15. The molecule has 0 N–H and O–H groups in total. The highest BCUT2D eigenvalue weighted by molar-refractivity contribution is 5.85. The van der Waals surface area contributed by atoms with Crippen molar-refractivity contribution < 1.29 is 9.47 Å². The second kappa shape index (κ2) is 8.20. The van der Waals surface area contributed by atoms with Gasteiger partial charge in [0.1, 0.15) is 5.75 Å². The summed E-state index contributed by atoms with van der Waals surface area (Å²) in [5.74, 6) is 0.144. The van der Waals surface area contributed by atoms with Crippen molar-refractivity contribution in [1.82, 2.24) is 0 Å². The van der Waals surface area contributed by atoms with Gasteiger partial charge in [-0.2, -0.15) is 0 Å². The Hall–Kier alpha value is -2.58. The maximum Gasteiger partial charge on any atom is 0.207 e. The van der Waals surface area contributed by atoms with Gasteiger partial charge in [0.25, 0.3) is 0 Å². The van der Waals surface area contributed by atoms with Crippen LogP contribution in [0.4, 0.5) is 0 Å². The first kappa shape index (κ1) is 18.2. The lowest BCUT2D eigenvalue weighted by Crippen LogP contribution is -2.35. The molecule has 0 aromatic heterocycles. The third-order valence-electron chi connectivity index (χ3n) is 4.57. The van der Waals surface area contributed by atoms with Gasteiger partial charge in [0, 0.05) is 13.3 Å². The Morgan fingerprint density at radius 3 is 2.42 bits per heavy atom. The Balaban J connectivity index is 1.77. The topological polar surface area (TPSA) is 18.5 Å². The highest BCUT2D eigenvalue weighted by Crippen LogP contribution is 2.27. The summed E-state index contributed by atoms with van der Waals surface area (Å²) in [6.45, 7) is 8.46. The monoisotopic (exact) mass is 346 g/mol. The molecule has 3 rings (SSSR count). The van der Waals surface area contributed by atoms with E-state index >= 15 is 0 Å². The van der Waals surface area contributed by atoms with E-state index in [2.05, 4.69) is 56.0 Å². The van der Waals surface area contributed by atoms with Gasteiger partial charge in [0.2, 0.25) is 5.79 Å². The van der Waals surface area contributed by atoms with Crippen LogP contribution in [0.5, 0.6) is 5.75 Å². The van der Waals surface area contributed by atoms with Gasteiger partial charge in [-0.05, 0) is 40.5 Å². The van der Waals surface area contributed by atoms with Crippen LogP contribution in [0.15, 0.2) is 73.3 Å². The minimum atomic E-state index is -0.665. The summed E-state index contributed by atoms with van der Waals surface area (Å²) in [5.41, 5.74) is 2.25. The molecule has 0 spiro atoms. The van der Waals surface area contributed by atoms with Gasteiger partial charge in [-0.3, -0.25) is 0 Å². The highest BCUT2D eigenvalue weighted by atomic mass is 16.7. The van der Waals surface area contributed by atoms with Gasteiger partial charge in [0.05, 0.1) is 6.61 Å². The van der Waals surface area contributed by atoms with Crippen LogP contribution < -0.4 is 4.74 Å². The molecule has 3 aromatic carbocycles. The maximum absolute atomic E-state index is 6.28. The Bertz CT molecular complexity index is 862. The fraction of sp³-hybridized carbons (Fsp3) is 0.250. The zero-order valence-corrected chi connectivity index (χ0v) is 15.6. The summed E-state index contributed by atoms with van der Waals surface area (Å²) in [5, 5.41) is 2.45.